The molecule has 3 heterocycles. The summed E-state index contributed by atoms with van der Waals surface area (Å²) in [5.41, 5.74) is 8.63. The van der Waals surface area contributed by atoms with E-state index < -0.39 is 11.9 Å². The summed E-state index contributed by atoms with van der Waals surface area (Å²) in [6.45, 7) is 3.69. The Morgan fingerprint density at radius 3 is 2.84 bits per heavy atom. The quantitative estimate of drug-likeness (QED) is 0.404. The van der Waals surface area contributed by atoms with Crippen LogP contribution in [0.2, 0.25) is 0 Å². The molecule has 4 rings (SSSR count). The van der Waals surface area contributed by atoms with Crippen LogP contribution in [0.4, 0.5) is 0 Å². The molecule has 0 spiro atoms. The van der Waals surface area contributed by atoms with Gasteiger partial charge in [-0.05, 0) is 37.6 Å². The summed E-state index contributed by atoms with van der Waals surface area (Å²) >= 11 is 4.90. The summed E-state index contributed by atoms with van der Waals surface area (Å²) in [6, 6.07) is 12.2. The summed E-state index contributed by atoms with van der Waals surface area (Å²) in [5, 5.41) is 9.70. The third-order valence-electron chi connectivity index (χ3n) is 4.96. The molecule has 2 N–H and O–H groups in total. The third kappa shape index (κ3) is 4.06. The summed E-state index contributed by atoms with van der Waals surface area (Å²) in [4.78, 5) is 19.1. The average Bonchev–Trinajstić information content (AvgIpc) is 3.33. The van der Waals surface area contributed by atoms with Crippen molar-refractivity contribution in [1.82, 2.24) is 4.98 Å². The van der Waals surface area contributed by atoms with Crippen LogP contribution < -0.4 is 5.73 Å². The maximum Gasteiger partial charge on any atom is 0.338 e. The Labute approximate surface area is 192 Å². The number of benzene rings is 1. The van der Waals surface area contributed by atoms with E-state index in [0.29, 0.717) is 11.3 Å². The molecule has 0 aliphatic carbocycles. The molecule has 1 aliphatic heterocycles. The number of nitriles is 1. The van der Waals surface area contributed by atoms with Crippen LogP contribution in [-0.4, -0.2) is 18.1 Å². The van der Waals surface area contributed by atoms with Gasteiger partial charge >= 0.3 is 5.97 Å². The van der Waals surface area contributed by atoms with Gasteiger partial charge < -0.3 is 15.2 Å². The molecule has 0 saturated heterocycles. The van der Waals surface area contributed by atoms with E-state index in [2.05, 4.69) is 17.1 Å². The van der Waals surface area contributed by atoms with Crippen LogP contribution in [0.15, 0.2) is 57.5 Å². The maximum atomic E-state index is 12.5. The molecule has 0 saturated carbocycles. The molecule has 6 nitrogen and oxygen atoms in total. The summed E-state index contributed by atoms with van der Waals surface area (Å²) in [7, 11) is 1.31. The van der Waals surface area contributed by atoms with E-state index in [1.807, 2.05) is 31.2 Å². The number of ether oxygens (including phenoxy) is 2. The standard InChI is InChI=1S/C22H19N3O3S3/c1-11-18(21(26)27-3)19(14(9-23)20(24)28-11)17-8-13(12(2)30-17)10-29-22-25-15-6-4-5-7-16(15)31-22/h4-8,19H,10,24H2,1-3H3/t19-/m0/s1. The Balaban J connectivity index is 1.65. The van der Waals surface area contributed by atoms with Gasteiger partial charge in [0.25, 0.3) is 0 Å². The van der Waals surface area contributed by atoms with Crippen molar-refractivity contribution >= 4 is 50.6 Å². The number of methoxy groups -OCH3 is 1. The van der Waals surface area contributed by atoms with Crippen LogP contribution in [0.5, 0.6) is 0 Å². The average molecular weight is 470 g/mol. The van der Waals surface area contributed by atoms with Gasteiger partial charge in [-0.1, -0.05) is 23.9 Å². The SMILES string of the molecule is COC(=O)C1=C(C)OC(N)=C(C#N)[C@H]1c1cc(CSc2nc3ccccc3s2)c(C)s1. The number of aryl methyl sites for hydroxylation is 1. The number of hydrogen-bond donors (Lipinski definition) is 1. The van der Waals surface area contributed by atoms with Gasteiger partial charge in [0.1, 0.15) is 17.4 Å². The summed E-state index contributed by atoms with van der Waals surface area (Å²) in [6.07, 6.45) is 0. The van der Waals surface area contributed by atoms with Crippen LogP contribution in [0.3, 0.4) is 0 Å². The molecule has 2 aromatic heterocycles. The lowest BCUT2D eigenvalue weighted by Gasteiger charge is -2.25. The molecule has 0 radical (unpaired) electrons. The summed E-state index contributed by atoms with van der Waals surface area (Å²) < 4.78 is 12.6. The molecule has 0 bridgehead atoms. The lowest BCUT2D eigenvalue weighted by Crippen LogP contribution is -2.24. The Kier molecular flexibility index (Phi) is 6.05. The smallest absolute Gasteiger partial charge is 0.338 e. The normalized spacial score (nSPS) is 16.4. The largest absolute Gasteiger partial charge is 0.466 e. The number of rotatable bonds is 5. The number of thioether (sulfide) groups is 1. The molecule has 9 heteroatoms. The monoisotopic (exact) mass is 469 g/mol. The number of aromatic nitrogens is 1. The van der Waals surface area contributed by atoms with Crippen LogP contribution in [-0.2, 0) is 20.0 Å². The van der Waals surface area contributed by atoms with Crippen molar-refractivity contribution in [2.75, 3.05) is 7.11 Å². The van der Waals surface area contributed by atoms with Crippen molar-refractivity contribution in [2.24, 2.45) is 5.73 Å². The van der Waals surface area contributed by atoms with E-state index in [9.17, 15) is 10.1 Å². The topological polar surface area (TPSA) is 98.2 Å². The number of thiophene rings is 1. The fourth-order valence-corrected chi connectivity index (χ4v) is 6.81. The van der Waals surface area contributed by atoms with Crippen molar-refractivity contribution in [3.63, 3.8) is 0 Å². The molecule has 1 aliphatic rings. The first-order valence-corrected chi connectivity index (χ1v) is 12.0. The first kappa shape index (κ1) is 21.4. The van der Waals surface area contributed by atoms with E-state index in [1.165, 1.54) is 7.11 Å². The van der Waals surface area contributed by atoms with E-state index in [0.717, 1.165) is 35.6 Å². The second-order valence-electron chi connectivity index (χ2n) is 6.85. The van der Waals surface area contributed by atoms with Crippen LogP contribution in [0.25, 0.3) is 10.2 Å². The molecule has 31 heavy (non-hydrogen) atoms. The Hall–Kier alpha value is -2.80. The van der Waals surface area contributed by atoms with Gasteiger partial charge in [-0.3, -0.25) is 0 Å². The van der Waals surface area contributed by atoms with Gasteiger partial charge in [-0.25, -0.2) is 9.78 Å². The number of thiazole rings is 1. The Morgan fingerprint density at radius 2 is 2.13 bits per heavy atom. The van der Waals surface area contributed by atoms with E-state index >= 15 is 0 Å². The Morgan fingerprint density at radius 1 is 1.35 bits per heavy atom. The van der Waals surface area contributed by atoms with Gasteiger partial charge in [0.15, 0.2) is 4.34 Å². The molecule has 0 amide bonds. The van der Waals surface area contributed by atoms with E-state index in [4.69, 9.17) is 15.2 Å². The molecular weight excluding hydrogens is 450 g/mol. The summed E-state index contributed by atoms with van der Waals surface area (Å²) in [5.74, 6) is -0.0166. The molecule has 1 atom stereocenters. The van der Waals surface area contributed by atoms with Gasteiger partial charge in [0, 0.05) is 15.5 Å². The van der Waals surface area contributed by atoms with E-state index in [-0.39, 0.29) is 11.5 Å². The number of hydrogen-bond acceptors (Lipinski definition) is 9. The number of carbonyl (C=O) groups excluding carboxylic acids is 1. The predicted molar refractivity (Wildman–Crippen MR) is 124 cm³/mol. The number of nitrogens with two attached hydrogens (primary N) is 1. The van der Waals surface area contributed by atoms with Gasteiger partial charge in [0.2, 0.25) is 5.88 Å². The second kappa shape index (κ2) is 8.75. The minimum absolute atomic E-state index is 0.0223. The molecular formula is C22H19N3O3S3. The minimum atomic E-state index is -0.601. The lowest BCUT2D eigenvalue weighted by molar-refractivity contribution is -0.136. The van der Waals surface area contributed by atoms with Gasteiger partial charge in [0.05, 0.1) is 28.8 Å². The van der Waals surface area contributed by atoms with Crippen LogP contribution in [0.1, 0.15) is 28.2 Å². The van der Waals surface area contributed by atoms with Crippen molar-refractivity contribution in [3.8, 4) is 6.07 Å². The molecule has 158 valence electrons. The number of allylic oxidation sites excluding steroid dienone is 2. The highest BCUT2D eigenvalue weighted by molar-refractivity contribution is 8.00. The predicted octanol–water partition coefficient (Wildman–Crippen LogP) is 5.21. The van der Waals surface area contributed by atoms with Crippen molar-refractivity contribution in [3.05, 3.63) is 68.4 Å². The first-order valence-electron chi connectivity index (χ1n) is 9.37. The number of nitrogens with zero attached hydrogens (tertiary/aromatic N) is 2. The number of para-hydroxylation sites is 1. The second-order valence-corrected chi connectivity index (χ2v) is 10.4. The highest BCUT2D eigenvalue weighted by Crippen LogP contribution is 2.44. The number of carbonyl (C=O) groups is 1. The number of fused-ring (bicyclic) bond motifs is 1. The Bertz CT molecular complexity index is 1250. The first-order chi connectivity index (χ1) is 14.9. The van der Waals surface area contributed by atoms with Crippen LogP contribution in [0, 0.1) is 18.3 Å². The highest BCUT2D eigenvalue weighted by Gasteiger charge is 2.37. The van der Waals surface area contributed by atoms with Gasteiger partial charge in [-0.15, -0.1) is 22.7 Å². The van der Waals surface area contributed by atoms with Crippen molar-refractivity contribution in [2.45, 2.75) is 29.9 Å². The molecule has 0 unspecified atom stereocenters. The van der Waals surface area contributed by atoms with Crippen molar-refractivity contribution in [1.29, 1.82) is 5.26 Å². The van der Waals surface area contributed by atoms with Gasteiger partial charge in [-0.2, -0.15) is 5.26 Å². The van der Waals surface area contributed by atoms with E-state index in [1.54, 1.807) is 41.4 Å². The zero-order valence-electron chi connectivity index (χ0n) is 17.1. The zero-order chi connectivity index (χ0) is 22.1. The molecule has 1 aromatic carbocycles. The fourth-order valence-electron chi connectivity index (χ4n) is 3.42. The highest BCUT2D eigenvalue weighted by atomic mass is 32.2. The molecule has 3 aromatic rings. The van der Waals surface area contributed by atoms with Crippen LogP contribution >= 0.6 is 34.4 Å². The molecule has 0 fully saturated rings. The third-order valence-corrected chi connectivity index (χ3v) is 8.35. The lowest BCUT2D eigenvalue weighted by atomic mass is 9.87. The maximum absolute atomic E-state index is 12.5. The van der Waals surface area contributed by atoms with Crippen molar-refractivity contribution < 1.29 is 14.3 Å². The number of esters is 1. The fraction of sp³-hybridized carbons (Fsp3) is 0.227. The minimum Gasteiger partial charge on any atom is -0.466 e. The zero-order valence-corrected chi connectivity index (χ0v) is 19.5.